The molecule has 2 aliphatic heterocycles. The van der Waals surface area contributed by atoms with Gasteiger partial charge in [0.1, 0.15) is 11.4 Å². The second-order valence-corrected chi connectivity index (χ2v) is 6.95. The molecule has 4 rings (SSSR count). The SMILES string of the molecule is O=C(NCCN1CCOCC1)c1cccc(C(=O)N2CCc3ccccc32)n1. The highest BCUT2D eigenvalue weighted by atomic mass is 16.5. The number of benzene rings is 1. The number of hydrogen-bond acceptors (Lipinski definition) is 5. The molecule has 1 saturated heterocycles. The highest BCUT2D eigenvalue weighted by Gasteiger charge is 2.26. The van der Waals surface area contributed by atoms with Gasteiger partial charge in [-0.05, 0) is 30.2 Å². The number of nitrogens with one attached hydrogen (secondary N) is 1. The van der Waals surface area contributed by atoms with Crippen LogP contribution in [0.25, 0.3) is 0 Å². The van der Waals surface area contributed by atoms with Gasteiger partial charge in [0.05, 0.1) is 13.2 Å². The smallest absolute Gasteiger partial charge is 0.276 e. The summed E-state index contributed by atoms with van der Waals surface area (Å²) in [5.41, 5.74) is 2.64. The van der Waals surface area contributed by atoms with Gasteiger partial charge in [0, 0.05) is 38.4 Å². The lowest BCUT2D eigenvalue weighted by atomic mass is 10.2. The van der Waals surface area contributed by atoms with Crippen molar-refractivity contribution in [2.75, 3.05) is 50.8 Å². The van der Waals surface area contributed by atoms with Gasteiger partial charge in [0.2, 0.25) is 0 Å². The summed E-state index contributed by atoms with van der Waals surface area (Å²) in [6.07, 6.45) is 0.837. The number of anilines is 1. The van der Waals surface area contributed by atoms with Crippen molar-refractivity contribution in [2.45, 2.75) is 6.42 Å². The topological polar surface area (TPSA) is 74.8 Å². The molecule has 7 heteroatoms. The van der Waals surface area contributed by atoms with Crippen LogP contribution < -0.4 is 10.2 Å². The Balaban J connectivity index is 1.38. The summed E-state index contributed by atoms with van der Waals surface area (Å²) in [7, 11) is 0. The standard InChI is InChI=1S/C21H24N4O3/c26-20(22-9-11-24-12-14-28-15-13-24)17-5-3-6-18(23-17)21(27)25-10-8-16-4-1-2-7-19(16)25/h1-7H,8-15H2,(H,22,26). The first-order valence-corrected chi connectivity index (χ1v) is 9.67. The van der Waals surface area contributed by atoms with Gasteiger partial charge in [-0.1, -0.05) is 24.3 Å². The molecular weight excluding hydrogens is 356 g/mol. The van der Waals surface area contributed by atoms with Gasteiger partial charge in [0.25, 0.3) is 11.8 Å². The number of nitrogens with zero attached hydrogens (tertiary/aromatic N) is 3. The molecule has 7 nitrogen and oxygen atoms in total. The Hall–Kier alpha value is -2.77. The number of hydrogen-bond donors (Lipinski definition) is 1. The fraction of sp³-hybridized carbons (Fsp3) is 0.381. The molecule has 0 radical (unpaired) electrons. The second-order valence-electron chi connectivity index (χ2n) is 6.95. The lowest BCUT2D eigenvalue weighted by molar-refractivity contribution is 0.0383. The first kappa shape index (κ1) is 18.6. The van der Waals surface area contributed by atoms with Crippen LogP contribution in [-0.2, 0) is 11.2 Å². The molecule has 2 aromatic rings. The van der Waals surface area contributed by atoms with Crippen LogP contribution in [0.5, 0.6) is 0 Å². The highest BCUT2D eigenvalue weighted by molar-refractivity contribution is 6.06. The molecule has 146 valence electrons. The van der Waals surface area contributed by atoms with Crippen LogP contribution in [0.1, 0.15) is 26.5 Å². The quantitative estimate of drug-likeness (QED) is 0.848. The van der Waals surface area contributed by atoms with Crippen molar-refractivity contribution in [3.05, 3.63) is 59.4 Å². The van der Waals surface area contributed by atoms with Crippen molar-refractivity contribution in [3.8, 4) is 0 Å². The van der Waals surface area contributed by atoms with E-state index in [0.717, 1.165) is 50.5 Å². The maximum Gasteiger partial charge on any atom is 0.276 e. The molecular formula is C21H24N4O3. The molecule has 0 bridgehead atoms. The van der Waals surface area contributed by atoms with Crippen molar-refractivity contribution in [1.82, 2.24) is 15.2 Å². The summed E-state index contributed by atoms with van der Waals surface area (Å²) in [6.45, 7) is 5.19. The van der Waals surface area contributed by atoms with Gasteiger partial charge < -0.3 is 15.0 Å². The van der Waals surface area contributed by atoms with Crippen molar-refractivity contribution in [3.63, 3.8) is 0 Å². The van der Waals surface area contributed by atoms with Gasteiger partial charge in [-0.3, -0.25) is 14.5 Å². The monoisotopic (exact) mass is 380 g/mol. The Bertz CT molecular complexity index is 864. The molecule has 1 aromatic heterocycles. The van der Waals surface area contributed by atoms with E-state index in [0.29, 0.717) is 13.1 Å². The number of amides is 2. The predicted octanol–water partition coefficient (Wildman–Crippen LogP) is 1.35. The summed E-state index contributed by atoms with van der Waals surface area (Å²) in [4.78, 5) is 33.7. The number of carbonyl (C=O) groups excluding carboxylic acids is 2. The Morgan fingerprint density at radius 2 is 1.79 bits per heavy atom. The van der Waals surface area contributed by atoms with Crippen LogP contribution >= 0.6 is 0 Å². The molecule has 0 saturated carbocycles. The first-order chi connectivity index (χ1) is 13.7. The first-order valence-electron chi connectivity index (χ1n) is 9.67. The van der Waals surface area contributed by atoms with Gasteiger partial charge in [0.15, 0.2) is 0 Å². The lowest BCUT2D eigenvalue weighted by Crippen LogP contribution is -2.41. The van der Waals surface area contributed by atoms with Crippen LogP contribution in [0.2, 0.25) is 0 Å². The molecule has 1 aromatic carbocycles. The molecule has 2 aliphatic rings. The van der Waals surface area contributed by atoms with Gasteiger partial charge >= 0.3 is 0 Å². The number of para-hydroxylation sites is 1. The maximum absolute atomic E-state index is 12.9. The zero-order valence-electron chi connectivity index (χ0n) is 15.8. The van der Waals surface area contributed by atoms with E-state index in [4.69, 9.17) is 4.74 Å². The minimum absolute atomic E-state index is 0.173. The van der Waals surface area contributed by atoms with E-state index in [1.807, 2.05) is 24.3 Å². The number of rotatable bonds is 5. The Kier molecular flexibility index (Phi) is 5.64. The van der Waals surface area contributed by atoms with Crippen molar-refractivity contribution < 1.29 is 14.3 Å². The van der Waals surface area contributed by atoms with Crippen LogP contribution in [-0.4, -0.2) is 67.6 Å². The van der Waals surface area contributed by atoms with E-state index in [9.17, 15) is 9.59 Å². The van der Waals surface area contributed by atoms with E-state index in [-0.39, 0.29) is 23.2 Å². The number of carbonyl (C=O) groups is 2. The highest BCUT2D eigenvalue weighted by Crippen LogP contribution is 2.28. The van der Waals surface area contributed by atoms with Crippen LogP contribution in [0.4, 0.5) is 5.69 Å². The summed E-state index contributed by atoms with van der Waals surface area (Å²) < 4.78 is 5.32. The lowest BCUT2D eigenvalue weighted by Gasteiger charge is -2.26. The molecule has 0 atom stereocenters. The van der Waals surface area contributed by atoms with Crippen LogP contribution in [0.3, 0.4) is 0 Å². The average Bonchev–Trinajstić information content (AvgIpc) is 3.18. The van der Waals surface area contributed by atoms with E-state index in [2.05, 4.69) is 15.2 Å². The van der Waals surface area contributed by atoms with E-state index in [1.54, 1.807) is 23.1 Å². The van der Waals surface area contributed by atoms with Gasteiger partial charge in [-0.25, -0.2) is 4.98 Å². The van der Waals surface area contributed by atoms with Gasteiger partial charge in [-0.2, -0.15) is 0 Å². The van der Waals surface area contributed by atoms with Crippen molar-refractivity contribution in [1.29, 1.82) is 0 Å². The van der Waals surface area contributed by atoms with Crippen molar-refractivity contribution in [2.24, 2.45) is 0 Å². The zero-order valence-corrected chi connectivity index (χ0v) is 15.8. The van der Waals surface area contributed by atoms with Crippen LogP contribution in [0, 0.1) is 0 Å². The number of pyridine rings is 1. The van der Waals surface area contributed by atoms with E-state index >= 15 is 0 Å². The molecule has 3 heterocycles. The normalized spacial score (nSPS) is 16.6. The molecule has 0 unspecified atom stereocenters. The number of aromatic nitrogens is 1. The number of morpholine rings is 1. The fourth-order valence-electron chi connectivity index (χ4n) is 3.61. The van der Waals surface area contributed by atoms with Crippen LogP contribution in [0.15, 0.2) is 42.5 Å². The molecule has 2 amide bonds. The molecule has 0 spiro atoms. The summed E-state index contributed by atoms with van der Waals surface area (Å²) in [5, 5.41) is 2.89. The largest absolute Gasteiger partial charge is 0.379 e. The zero-order chi connectivity index (χ0) is 19.3. The van der Waals surface area contributed by atoms with Crippen molar-refractivity contribution >= 4 is 17.5 Å². The summed E-state index contributed by atoms with van der Waals surface area (Å²) in [6, 6.07) is 12.9. The third-order valence-electron chi connectivity index (χ3n) is 5.15. The molecule has 1 fully saturated rings. The summed E-state index contributed by atoms with van der Waals surface area (Å²) in [5.74, 6) is -0.433. The van der Waals surface area contributed by atoms with E-state index < -0.39 is 0 Å². The summed E-state index contributed by atoms with van der Waals surface area (Å²) >= 11 is 0. The average molecular weight is 380 g/mol. The minimum Gasteiger partial charge on any atom is -0.379 e. The molecule has 1 N–H and O–H groups in total. The van der Waals surface area contributed by atoms with Gasteiger partial charge in [-0.15, -0.1) is 0 Å². The third-order valence-corrected chi connectivity index (χ3v) is 5.15. The fourth-order valence-corrected chi connectivity index (χ4v) is 3.61. The Labute approximate surface area is 164 Å². The molecule has 28 heavy (non-hydrogen) atoms. The number of ether oxygens (including phenoxy) is 1. The molecule has 0 aliphatic carbocycles. The predicted molar refractivity (Wildman–Crippen MR) is 106 cm³/mol. The Morgan fingerprint density at radius 3 is 2.64 bits per heavy atom. The second kappa shape index (κ2) is 8.50. The van der Waals surface area contributed by atoms with E-state index in [1.165, 1.54) is 0 Å². The number of fused-ring (bicyclic) bond motifs is 1. The maximum atomic E-state index is 12.9. The third kappa shape index (κ3) is 4.05. The minimum atomic E-state index is -0.260. The Morgan fingerprint density at radius 1 is 1.00 bits per heavy atom.